The van der Waals surface area contributed by atoms with Crippen molar-refractivity contribution in [3.05, 3.63) is 17.4 Å². The molecule has 12 heavy (non-hydrogen) atoms. The fourth-order valence-corrected chi connectivity index (χ4v) is 1.12. The molecule has 0 aromatic carbocycles. The lowest BCUT2D eigenvalue weighted by atomic mass is 10.1. The summed E-state index contributed by atoms with van der Waals surface area (Å²) < 4.78 is 4.90. The van der Waals surface area contributed by atoms with Gasteiger partial charge in [0.1, 0.15) is 6.10 Å². The zero-order chi connectivity index (χ0) is 9.14. The van der Waals surface area contributed by atoms with Crippen LogP contribution in [-0.4, -0.2) is 41.2 Å². The Morgan fingerprint density at radius 1 is 1.67 bits per heavy atom. The Labute approximate surface area is 69.4 Å². The van der Waals surface area contributed by atoms with Gasteiger partial charge in [-0.1, -0.05) is 5.11 Å². The maximum atomic E-state index is 9.32. The van der Waals surface area contributed by atoms with Gasteiger partial charge in [-0.3, -0.25) is 0 Å². The zero-order valence-corrected chi connectivity index (χ0v) is 6.24. The highest BCUT2D eigenvalue weighted by molar-refractivity contribution is 4.96. The Balaban J connectivity index is 2.69. The van der Waals surface area contributed by atoms with Crippen molar-refractivity contribution in [3.63, 3.8) is 0 Å². The average molecular weight is 171 g/mol. The lowest BCUT2D eigenvalue weighted by Gasteiger charge is -2.10. The van der Waals surface area contributed by atoms with E-state index in [9.17, 15) is 5.11 Å². The number of hydrogen-bond acceptors (Lipinski definition) is 4. The summed E-state index contributed by atoms with van der Waals surface area (Å²) >= 11 is 0. The molecule has 1 rings (SSSR count). The molecular weight excluding hydrogens is 162 g/mol. The highest BCUT2D eigenvalue weighted by Gasteiger charge is 2.40. The molecule has 66 valence electrons. The summed E-state index contributed by atoms with van der Waals surface area (Å²) in [5.41, 5.74) is 8.09. The molecule has 0 aromatic rings. The maximum Gasteiger partial charge on any atom is 0.107 e. The molecule has 1 aliphatic heterocycles. The van der Waals surface area contributed by atoms with Crippen molar-refractivity contribution >= 4 is 0 Å². The van der Waals surface area contributed by atoms with E-state index in [4.69, 9.17) is 22.3 Å². The topological polar surface area (TPSA) is 98.5 Å². The van der Waals surface area contributed by atoms with E-state index in [0.29, 0.717) is 0 Å². The first-order chi connectivity index (χ1) is 5.70. The summed E-state index contributed by atoms with van der Waals surface area (Å²) in [5.74, 6) is 0. The van der Waals surface area contributed by atoms with Gasteiger partial charge in [0, 0.05) is 4.91 Å². The molecule has 0 bridgehead atoms. The van der Waals surface area contributed by atoms with Crippen LogP contribution >= 0.6 is 0 Å². The van der Waals surface area contributed by atoms with E-state index in [1.54, 1.807) is 0 Å². The molecule has 1 unspecified atom stereocenters. The van der Waals surface area contributed by atoms with E-state index in [1.165, 1.54) is 0 Å². The van der Waals surface area contributed by atoms with E-state index >= 15 is 0 Å². The van der Waals surface area contributed by atoms with Gasteiger partial charge in [-0.2, -0.15) is 0 Å². The number of ether oxygens (including phenoxy) is 1. The quantitative estimate of drug-likeness (QED) is 0.332. The first kappa shape index (κ1) is 9.28. The van der Waals surface area contributed by atoms with Crippen LogP contribution in [0, 0.1) is 6.92 Å². The Kier molecular flexibility index (Phi) is 2.88. The second kappa shape index (κ2) is 3.73. The molecule has 6 nitrogen and oxygen atoms in total. The van der Waals surface area contributed by atoms with Crippen molar-refractivity contribution in [1.82, 2.24) is 0 Å². The van der Waals surface area contributed by atoms with Gasteiger partial charge < -0.3 is 14.9 Å². The van der Waals surface area contributed by atoms with Gasteiger partial charge in [0.05, 0.1) is 24.9 Å². The molecule has 0 spiro atoms. The number of aliphatic hydroxyl groups excluding tert-OH is 2. The van der Waals surface area contributed by atoms with Crippen molar-refractivity contribution in [2.24, 2.45) is 5.11 Å². The first-order valence-electron chi connectivity index (χ1n) is 3.45. The summed E-state index contributed by atoms with van der Waals surface area (Å²) in [6, 6.07) is -0.813. The fourth-order valence-electron chi connectivity index (χ4n) is 1.12. The second-order valence-corrected chi connectivity index (χ2v) is 2.51. The van der Waals surface area contributed by atoms with E-state index in [0.717, 1.165) is 0 Å². The molecule has 1 fully saturated rings. The maximum absolute atomic E-state index is 9.32. The third kappa shape index (κ3) is 1.51. The van der Waals surface area contributed by atoms with Gasteiger partial charge in [-0.25, -0.2) is 0 Å². The average Bonchev–Trinajstić information content (AvgIpc) is 2.32. The Bertz CT molecular complexity index is 204. The number of aliphatic hydroxyl groups is 2. The van der Waals surface area contributed by atoms with Crippen LogP contribution in [0.1, 0.15) is 0 Å². The number of rotatable bonds is 2. The molecule has 2 radical (unpaired) electrons. The van der Waals surface area contributed by atoms with Gasteiger partial charge in [0.15, 0.2) is 0 Å². The minimum atomic E-state index is -1.03. The molecule has 6 heteroatoms. The first-order valence-corrected chi connectivity index (χ1v) is 3.45. The summed E-state index contributed by atoms with van der Waals surface area (Å²) in [6.45, 7) is 5.02. The Hall–Kier alpha value is -0.810. The number of nitrogens with zero attached hydrogens (tertiary/aromatic N) is 3. The van der Waals surface area contributed by atoms with Gasteiger partial charge in [0.25, 0.3) is 0 Å². The minimum Gasteiger partial charge on any atom is -0.394 e. The number of hydrogen-bond donors (Lipinski definition) is 2. The minimum absolute atomic E-state index is 0.341. The molecule has 0 aliphatic carbocycles. The van der Waals surface area contributed by atoms with Crippen LogP contribution in [-0.2, 0) is 4.74 Å². The summed E-state index contributed by atoms with van der Waals surface area (Å²) in [7, 11) is 0. The van der Waals surface area contributed by atoms with Crippen LogP contribution < -0.4 is 0 Å². The van der Waals surface area contributed by atoms with Crippen LogP contribution in [0.3, 0.4) is 0 Å². The summed E-state index contributed by atoms with van der Waals surface area (Å²) in [5, 5.41) is 21.2. The lowest BCUT2D eigenvalue weighted by Crippen LogP contribution is -2.31. The van der Waals surface area contributed by atoms with E-state index < -0.39 is 24.4 Å². The highest BCUT2D eigenvalue weighted by Crippen LogP contribution is 2.23. The van der Waals surface area contributed by atoms with Crippen molar-refractivity contribution in [1.29, 1.82) is 0 Å². The third-order valence-electron chi connectivity index (χ3n) is 1.76. The van der Waals surface area contributed by atoms with Crippen LogP contribution in [0.15, 0.2) is 5.11 Å². The lowest BCUT2D eigenvalue weighted by molar-refractivity contribution is -0.0113. The van der Waals surface area contributed by atoms with Crippen LogP contribution in [0.2, 0.25) is 0 Å². The predicted octanol–water partition coefficient (Wildman–Crippen LogP) is -0.503. The predicted molar refractivity (Wildman–Crippen MR) is 39.0 cm³/mol. The van der Waals surface area contributed by atoms with Crippen molar-refractivity contribution in [3.8, 4) is 0 Å². The monoisotopic (exact) mass is 171 g/mol. The Morgan fingerprint density at radius 3 is 2.75 bits per heavy atom. The van der Waals surface area contributed by atoms with Gasteiger partial charge in [-0.15, -0.1) is 0 Å². The van der Waals surface area contributed by atoms with Crippen molar-refractivity contribution < 1.29 is 14.9 Å². The molecule has 4 atom stereocenters. The molecule has 2 N–H and O–H groups in total. The van der Waals surface area contributed by atoms with Crippen LogP contribution in [0.25, 0.3) is 10.4 Å². The smallest absolute Gasteiger partial charge is 0.107 e. The van der Waals surface area contributed by atoms with E-state index in [-0.39, 0.29) is 6.61 Å². The molecule has 0 saturated carbocycles. The molecule has 1 heterocycles. The molecule has 1 saturated heterocycles. The fraction of sp³-hybridized carbons (Fsp3) is 0.833. The third-order valence-corrected chi connectivity index (χ3v) is 1.76. The van der Waals surface area contributed by atoms with E-state index in [2.05, 4.69) is 10.0 Å². The van der Waals surface area contributed by atoms with Crippen molar-refractivity contribution in [2.75, 3.05) is 6.61 Å². The van der Waals surface area contributed by atoms with Crippen molar-refractivity contribution in [2.45, 2.75) is 24.4 Å². The van der Waals surface area contributed by atoms with E-state index in [1.807, 2.05) is 0 Å². The van der Waals surface area contributed by atoms with Gasteiger partial charge in [0.2, 0.25) is 0 Å². The Morgan fingerprint density at radius 2 is 2.33 bits per heavy atom. The molecule has 1 aliphatic rings. The molecular formula is C6H9N3O3. The SMILES string of the molecule is [CH][C@@H]1O[C@H](CO)[C@H](O)C1N=[N+]=[N-]. The zero-order valence-electron chi connectivity index (χ0n) is 6.24. The van der Waals surface area contributed by atoms with Gasteiger partial charge in [-0.05, 0) is 12.5 Å². The van der Waals surface area contributed by atoms with Gasteiger partial charge >= 0.3 is 0 Å². The second-order valence-electron chi connectivity index (χ2n) is 2.51. The largest absolute Gasteiger partial charge is 0.394 e. The summed E-state index contributed by atoms with van der Waals surface area (Å²) in [4.78, 5) is 2.51. The highest BCUT2D eigenvalue weighted by atomic mass is 16.5. The van der Waals surface area contributed by atoms with Crippen LogP contribution in [0.4, 0.5) is 0 Å². The molecule has 0 amide bonds. The normalized spacial score (nSPS) is 40.9. The van der Waals surface area contributed by atoms with Crippen LogP contribution in [0.5, 0.6) is 0 Å². The standard InChI is InChI=1S/C6H9N3O3/c1-3-5(8-9-7)6(11)4(2-10)12-3/h1,3-6,10-11H,2H2/t3-,4+,5?,6-/m0/s1. The summed E-state index contributed by atoms with van der Waals surface area (Å²) in [6.07, 6.45) is -2.62. The number of azide groups is 1. The molecule has 0 aromatic heterocycles.